The molecule has 1 saturated heterocycles. The monoisotopic (exact) mass is 441 g/mol. The first kappa shape index (κ1) is 22.0. The molecule has 0 atom stereocenters. The molecule has 31 heavy (non-hydrogen) atoms. The Hall–Kier alpha value is -2.24. The third-order valence-electron chi connectivity index (χ3n) is 6.28. The number of unbranched alkanes of at least 4 members (excludes halogenated alkanes) is 1. The molecule has 0 aromatic heterocycles. The maximum absolute atomic E-state index is 11.6. The first-order valence-electron chi connectivity index (χ1n) is 11.3. The number of amides is 1. The van der Waals surface area contributed by atoms with Gasteiger partial charge in [0.1, 0.15) is 5.75 Å². The zero-order chi connectivity index (χ0) is 21.6. The van der Waals surface area contributed by atoms with Gasteiger partial charge in [0.05, 0.1) is 6.61 Å². The van der Waals surface area contributed by atoms with Gasteiger partial charge in [0, 0.05) is 61.5 Å². The van der Waals surface area contributed by atoms with Crippen molar-refractivity contribution in [3.63, 3.8) is 0 Å². The second-order valence-corrected chi connectivity index (χ2v) is 8.98. The summed E-state index contributed by atoms with van der Waals surface area (Å²) in [6.45, 7) is 8.28. The zero-order valence-electron chi connectivity index (χ0n) is 18.3. The molecule has 0 spiro atoms. The molecule has 0 saturated carbocycles. The normalized spacial score (nSPS) is 19.6. The average Bonchev–Trinajstić information content (AvgIpc) is 2.94. The number of ether oxygens (including phenoxy) is 1. The van der Waals surface area contributed by atoms with Crippen LogP contribution in [0.4, 0.5) is 5.69 Å². The Morgan fingerprint density at radius 1 is 1.13 bits per heavy atom. The van der Waals surface area contributed by atoms with Gasteiger partial charge in [0.15, 0.2) is 0 Å². The summed E-state index contributed by atoms with van der Waals surface area (Å²) in [6, 6.07) is 6.03. The Kier molecular flexibility index (Phi) is 7.36. The minimum Gasteiger partial charge on any atom is -0.494 e. The van der Waals surface area contributed by atoms with Crippen LogP contribution in [-0.4, -0.2) is 55.0 Å². The molecule has 1 fully saturated rings. The fourth-order valence-electron chi connectivity index (χ4n) is 4.34. The number of anilines is 1. The van der Waals surface area contributed by atoms with Crippen LogP contribution in [0.25, 0.3) is 0 Å². The largest absolute Gasteiger partial charge is 0.494 e. The van der Waals surface area contributed by atoms with Crippen LogP contribution in [0.1, 0.15) is 38.2 Å². The molecular formula is C25H32ClN3O2. The smallest absolute Gasteiger partial charge is 0.224 e. The van der Waals surface area contributed by atoms with Crippen molar-refractivity contribution in [2.75, 3.05) is 44.6 Å². The number of fused-ring (bicyclic) bond motifs is 1. The van der Waals surface area contributed by atoms with Crippen LogP contribution < -0.4 is 10.1 Å². The molecule has 1 aromatic carbocycles. The van der Waals surface area contributed by atoms with Gasteiger partial charge in [-0.1, -0.05) is 23.7 Å². The van der Waals surface area contributed by atoms with E-state index in [0.29, 0.717) is 13.0 Å². The van der Waals surface area contributed by atoms with Crippen molar-refractivity contribution in [2.45, 2.75) is 39.0 Å². The highest BCUT2D eigenvalue weighted by atomic mass is 35.5. The van der Waals surface area contributed by atoms with E-state index in [1.165, 1.54) is 16.8 Å². The van der Waals surface area contributed by atoms with Crippen molar-refractivity contribution < 1.29 is 9.53 Å². The second kappa shape index (κ2) is 10.4. The van der Waals surface area contributed by atoms with Crippen LogP contribution in [0.15, 0.2) is 52.7 Å². The summed E-state index contributed by atoms with van der Waals surface area (Å²) < 4.78 is 5.92. The van der Waals surface area contributed by atoms with Crippen molar-refractivity contribution in [2.24, 2.45) is 0 Å². The number of nitrogens with zero attached hydrogens (tertiary/aromatic N) is 2. The third-order valence-corrected chi connectivity index (χ3v) is 6.73. The topological polar surface area (TPSA) is 44.8 Å². The minimum atomic E-state index is 0.0898. The van der Waals surface area contributed by atoms with Crippen molar-refractivity contribution >= 4 is 23.2 Å². The first-order chi connectivity index (χ1) is 15.1. The number of aryl methyl sites for hydroxylation is 1. The Balaban J connectivity index is 1.14. The van der Waals surface area contributed by atoms with E-state index in [4.69, 9.17) is 16.3 Å². The van der Waals surface area contributed by atoms with E-state index in [0.717, 1.165) is 74.9 Å². The van der Waals surface area contributed by atoms with E-state index < -0.39 is 0 Å². The van der Waals surface area contributed by atoms with Crippen molar-refractivity contribution in [3.8, 4) is 5.75 Å². The van der Waals surface area contributed by atoms with Crippen LogP contribution in [0.5, 0.6) is 5.75 Å². The number of allylic oxidation sites excluding steroid dienone is 5. The van der Waals surface area contributed by atoms with E-state index in [-0.39, 0.29) is 5.91 Å². The molecule has 1 aromatic rings. The van der Waals surface area contributed by atoms with Crippen molar-refractivity contribution in [1.29, 1.82) is 0 Å². The fourth-order valence-corrected chi connectivity index (χ4v) is 4.48. The number of piperazine rings is 1. The summed E-state index contributed by atoms with van der Waals surface area (Å²) in [5, 5.41) is 3.80. The quantitative estimate of drug-likeness (QED) is 0.622. The fraction of sp³-hybridized carbons (Fsp3) is 0.480. The average molecular weight is 442 g/mol. The van der Waals surface area contributed by atoms with Crippen molar-refractivity contribution in [3.05, 3.63) is 58.3 Å². The van der Waals surface area contributed by atoms with E-state index in [9.17, 15) is 4.79 Å². The summed E-state index contributed by atoms with van der Waals surface area (Å²) in [6.07, 6.45) is 10.7. The lowest BCUT2D eigenvalue weighted by atomic mass is 10.0. The number of rotatable bonds is 7. The maximum Gasteiger partial charge on any atom is 0.224 e. The lowest BCUT2D eigenvalue weighted by Gasteiger charge is -2.37. The predicted molar refractivity (Wildman–Crippen MR) is 127 cm³/mol. The summed E-state index contributed by atoms with van der Waals surface area (Å²) in [4.78, 5) is 16.6. The Morgan fingerprint density at radius 3 is 2.81 bits per heavy atom. The highest BCUT2D eigenvalue weighted by Gasteiger charge is 2.19. The number of benzene rings is 1. The van der Waals surface area contributed by atoms with Gasteiger partial charge in [-0.15, -0.1) is 0 Å². The van der Waals surface area contributed by atoms with Gasteiger partial charge in [-0.25, -0.2) is 0 Å². The lowest BCUT2D eigenvalue weighted by Crippen LogP contribution is -2.46. The molecule has 1 N–H and O–H groups in total. The highest BCUT2D eigenvalue weighted by molar-refractivity contribution is 6.31. The van der Waals surface area contributed by atoms with Gasteiger partial charge in [-0.2, -0.15) is 0 Å². The Labute approximate surface area is 190 Å². The van der Waals surface area contributed by atoms with Gasteiger partial charge >= 0.3 is 0 Å². The van der Waals surface area contributed by atoms with Crippen LogP contribution >= 0.6 is 11.6 Å². The summed E-state index contributed by atoms with van der Waals surface area (Å²) in [5.74, 6) is 0.927. The lowest BCUT2D eigenvalue weighted by molar-refractivity contribution is -0.116. The van der Waals surface area contributed by atoms with Crippen LogP contribution in [0.2, 0.25) is 0 Å². The minimum absolute atomic E-state index is 0.0898. The van der Waals surface area contributed by atoms with E-state index in [2.05, 4.69) is 40.3 Å². The summed E-state index contributed by atoms with van der Waals surface area (Å²) >= 11 is 6.26. The number of carbonyl (C=O) groups is 1. The molecule has 166 valence electrons. The molecule has 0 unspecified atom stereocenters. The molecule has 1 amide bonds. The number of carbonyl (C=O) groups excluding carboxylic acids is 1. The Morgan fingerprint density at radius 2 is 1.97 bits per heavy atom. The highest BCUT2D eigenvalue weighted by Crippen LogP contribution is 2.27. The molecule has 2 aliphatic heterocycles. The van der Waals surface area contributed by atoms with Crippen LogP contribution in [0.3, 0.4) is 0 Å². The molecule has 0 bridgehead atoms. The molecule has 5 nitrogen and oxygen atoms in total. The van der Waals surface area contributed by atoms with Gasteiger partial charge < -0.3 is 15.0 Å². The number of nitrogens with one attached hydrogen (secondary N) is 1. The van der Waals surface area contributed by atoms with Gasteiger partial charge in [0.2, 0.25) is 5.91 Å². The number of hydrogen-bond acceptors (Lipinski definition) is 4. The van der Waals surface area contributed by atoms with E-state index in [1.54, 1.807) is 0 Å². The standard InChI is InChI=1S/C25H32ClN3O2/c1-19-17-21(5-4-6-23(19)26)29-14-12-28(13-15-29)11-2-3-16-31-22-9-7-20-8-10-25(30)27-24(20)18-22/h4-7,9,18H,2-3,8,10-17H2,1H3,(H,27,30). The van der Waals surface area contributed by atoms with Crippen molar-refractivity contribution in [1.82, 2.24) is 9.80 Å². The molecule has 0 radical (unpaired) electrons. The Bertz CT molecular complexity index is 898. The van der Waals surface area contributed by atoms with E-state index in [1.807, 2.05) is 18.2 Å². The summed E-state index contributed by atoms with van der Waals surface area (Å²) in [5.41, 5.74) is 4.71. The maximum atomic E-state index is 11.6. The van der Waals surface area contributed by atoms with Gasteiger partial charge in [-0.3, -0.25) is 9.69 Å². The number of halogens is 1. The predicted octanol–water partition coefficient (Wildman–Crippen LogP) is 4.70. The summed E-state index contributed by atoms with van der Waals surface area (Å²) in [7, 11) is 0. The third kappa shape index (κ3) is 5.92. The molecule has 3 aliphatic rings. The van der Waals surface area contributed by atoms with Crippen LogP contribution in [0, 0.1) is 0 Å². The van der Waals surface area contributed by atoms with Gasteiger partial charge in [0.25, 0.3) is 0 Å². The van der Waals surface area contributed by atoms with Crippen LogP contribution in [-0.2, 0) is 11.2 Å². The SMILES string of the molecule is CC1=C(Cl)C=CC=C(N2CCN(CCCCOc3ccc4c(c3)NC(=O)CC4)CC2)C1. The second-order valence-electron chi connectivity index (χ2n) is 8.57. The molecular weight excluding hydrogens is 410 g/mol. The molecule has 2 heterocycles. The number of hydrogen-bond donors (Lipinski definition) is 1. The first-order valence-corrected chi connectivity index (χ1v) is 11.7. The molecule has 4 rings (SSSR count). The zero-order valence-corrected chi connectivity index (χ0v) is 19.1. The molecule has 1 aliphatic carbocycles. The van der Waals surface area contributed by atoms with E-state index >= 15 is 0 Å². The molecule has 6 heteroatoms. The van der Waals surface area contributed by atoms with Gasteiger partial charge in [-0.05, 0) is 62.1 Å².